The number of anilines is 2. The molecule has 27 heavy (non-hydrogen) atoms. The highest BCUT2D eigenvalue weighted by atomic mass is 16.5. The minimum Gasteiger partial charge on any atom is -0.308 e. The van der Waals surface area contributed by atoms with E-state index in [-0.39, 0.29) is 5.88 Å². The molecule has 0 atom stereocenters. The van der Waals surface area contributed by atoms with Crippen molar-refractivity contribution in [2.24, 2.45) is 0 Å². The number of benzene rings is 2. The Bertz CT molecular complexity index is 1030. The van der Waals surface area contributed by atoms with E-state index in [1.54, 1.807) is 36.5 Å². The molecule has 2 amide bonds. The first-order valence-electron chi connectivity index (χ1n) is 8.24. The number of amides is 2. The largest absolute Gasteiger partial charge is 0.326 e. The minimum absolute atomic E-state index is 0.212. The summed E-state index contributed by atoms with van der Waals surface area (Å²) >= 11 is 0. The SMILES string of the molecule is CCc1ccc(-[n+]2cc(NC(=O)Nc3ccc(C#CC#N)cc3)on2)cc1. The number of aromatic nitrogens is 2. The van der Waals surface area contributed by atoms with E-state index in [2.05, 4.69) is 34.7 Å². The van der Waals surface area contributed by atoms with Gasteiger partial charge in [0.25, 0.3) is 6.20 Å². The average molecular weight is 358 g/mol. The van der Waals surface area contributed by atoms with Crippen LogP contribution in [0, 0.1) is 23.2 Å². The van der Waals surface area contributed by atoms with Crippen molar-refractivity contribution in [2.75, 3.05) is 10.6 Å². The molecule has 0 saturated carbocycles. The van der Waals surface area contributed by atoms with Crippen LogP contribution in [-0.4, -0.2) is 11.3 Å². The van der Waals surface area contributed by atoms with E-state index < -0.39 is 6.03 Å². The molecule has 0 fully saturated rings. The molecule has 0 spiro atoms. The van der Waals surface area contributed by atoms with Crippen LogP contribution < -0.4 is 15.3 Å². The molecule has 0 aliphatic rings. The zero-order valence-corrected chi connectivity index (χ0v) is 14.6. The van der Waals surface area contributed by atoms with Crippen LogP contribution in [-0.2, 0) is 6.42 Å². The first-order chi connectivity index (χ1) is 13.2. The molecule has 2 aromatic carbocycles. The van der Waals surface area contributed by atoms with Crippen molar-refractivity contribution in [2.45, 2.75) is 13.3 Å². The molecule has 132 valence electrons. The van der Waals surface area contributed by atoms with Gasteiger partial charge in [-0.05, 0) is 40.9 Å². The van der Waals surface area contributed by atoms with Gasteiger partial charge in [0.2, 0.25) is 11.0 Å². The topological polar surface area (TPSA) is 94.8 Å². The lowest BCUT2D eigenvalue weighted by Gasteiger charge is -2.03. The van der Waals surface area contributed by atoms with E-state index in [1.165, 1.54) is 10.2 Å². The summed E-state index contributed by atoms with van der Waals surface area (Å²) < 4.78 is 6.68. The summed E-state index contributed by atoms with van der Waals surface area (Å²) in [6.45, 7) is 2.09. The van der Waals surface area contributed by atoms with Gasteiger partial charge in [-0.2, -0.15) is 5.26 Å². The quantitative estimate of drug-likeness (QED) is 0.554. The number of carbonyl (C=O) groups is 1. The molecular formula is C20H16N5O2+. The summed E-state index contributed by atoms with van der Waals surface area (Å²) in [7, 11) is 0. The monoisotopic (exact) mass is 358 g/mol. The Kier molecular flexibility index (Phi) is 5.46. The second-order valence-corrected chi connectivity index (χ2v) is 5.55. The van der Waals surface area contributed by atoms with Gasteiger partial charge in [-0.15, -0.1) is 0 Å². The fourth-order valence-electron chi connectivity index (χ4n) is 2.32. The van der Waals surface area contributed by atoms with Crippen LogP contribution in [0.4, 0.5) is 16.4 Å². The average Bonchev–Trinajstić information content (AvgIpc) is 3.16. The lowest BCUT2D eigenvalue weighted by molar-refractivity contribution is -0.670. The third kappa shape index (κ3) is 4.71. The Morgan fingerprint density at radius 3 is 2.56 bits per heavy atom. The number of hydrogen-bond acceptors (Lipinski definition) is 4. The van der Waals surface area contributed by atoms with Gasteiger partial charge >= 0.3 is 11.9 Å². The maximum Gasteiger partial charge on any atom is 0.326 e. The summed E-state index contributed by atoms with van der Waals surface area (Å²) in [5.74, 6) is 5.20. The number of carbonyl (C=O) groups excluding carboxylic acids is 1. The van der Waals surface area contributed by atoms with Gasteiger partial charge in [-0.25, -0.2) is 4.79 Å². The summed E-state index contributed by atoms with van der Waals surface area (Å²) in [4.78, 5) is 12.1. The number of hydrogen-bond donors (Lipinski definition) is 2. The minimum atomic E-state index is -0.463. The summed E-state index contributed by atoms with van der Waals surface area (Å²) in [6, 6.07) is 16.0. The van der Waals surface area contributed by atoms with Crippen molar-refractivity contribution in [1.82, 2.24) is 5.27 Å². The fourth-order valence-corrected chi connectivity index (χ4v) is 2.32. The van der Waals surface area contributed by atoms with Crippen molar-refractivity contribution in [3.63, 3.8) is 0 Å². The van der Waals surface area contributed by atoms with Gasteiger partial charge in [0.05, 0.1) is 0 Å². The summed E-state index contributed by atoms with van der Waals surface area (Å²) in [5.41, 5.74) is 3.33. The zero-order valence-electron chi connectivity index (χ0n) is 14.6. The van der Waals surface area contributed by atoms with Gasteiger partial charge < -0.3 is 5.32 Å². The first kappa shape index (κ1) is 17.7. The summed E-state index contributed by atoms with van der Waals surface area (Å²) in [6.07, 6.45) is 2.55. The fraction of sp³-hybridized carbons (Fsp3) is 0.100. The van der Waals surface area contributed by atoms with Crippen LogP contribution >= 0.6 is 0 Å². The summed E-state index contributed by atoms with van der Waals surface area (Å²) in [5, 5.41) is 17.6. The number of nitriles is 1. The van der Waals surface area contributed by atoms with E-state index in [4.69, 9.17) is 9.78 Å². The Morgan fingerprint density at radius 2 is 1.89 bits per heavy atom. The molecule has 2 N–H and O–H groups in total. The molecular weight excluding hydrogens is 342 g/mol. The van der Waals surface area contributed by atoms with Crippen molar-refractivity contribution in [3.05, 3.63) is 65.9 Å². The highest BCUT2D eigenvalue weighted by Crippen LogP contribution is 2.11. The van der Waals surface area contributed by atoms with Crippen LogP contribution in [0.25, 0.3) is 5.69 Å². The maximum absolute atomic E-state index is 12.1. The number of rotatable bonds is 4. The van der Waals surface area contributed by atoms with Crippen molar-refractivity contribution < 1.29 is 14.0 Å². The molecule has 3 rings (SSSR count). The number of aryl methyl sites for hydroxylation is 1. The van der Waals surface area contributed by atoms with E-state index in [9.17, 15) is 4.79 Å². The Balaban J connectivity index is 1.61. The van der Waals surface area contributed by atoms with Crippen molar-refractivity contribution in [3.8, 4) is 23.6 Å². The number of nitrogens with one attached hydrogen (secondary N) is 2. The second-order valence-electron chi connectivity index (χ2n) is 5.55. The second kappa shape index (κ2) is 8.32. The Labute approximate surface area is 156 Å². The van der Waals surface area contributed by atoms with Crippen molar-refractivity contribution >= 4 is 17.6 Å². The highest BCUT2D eigenvalue weighted by molar-refractivity contribution is 5.98. The van der Waals surface area contributed by atoms with Crippen LogP contribution in [0.15, 0.2) is 59.3 Å². The van der Waals surface area contributed by atoms with Gasteiger partial charge in [0.15, 0.2) is 6.07 Å². The molecule has 3 aromatic rings. The predicted octanol–water partition coefficient (Wildman–Crippen LogP) is 3.03. The lowest BCUT2D eigenvalue weighted by atomic mass is 10.1. The molecule has 0 aliphatic heterocycles. The molecule has 0 bridgehead atoms. The maximum atomic E-state index is 12.1. The van der Waals surface area contributed by atoms with E-state index in [0.717, 1.165) is 12.1 Å². The zero-order chi connectivity index (χ0) is 19.1. The Morgan fingerprint density at radius 1 is 1.15 bits per heavy atom. The van der Waals surface area contributed by atoms with Crippen LogP contribution in [0.3, 0.4) is 0 Å². The van der Waals surface area contributed by atoms with Crippen LogP contribution in [0.2, 0.25) is 0 Å². The van der Waals surface area contributed by atoms with Crippen molar-refractivity contribution in [1.29, 1.82) is 5.26 Å². The number of nitrogens with zero attached hydrogens (tertiary/aromatic N) is 3. The van der Waals surface area contributed by atoms with Crippen LogP contribution in [0.1, 0.15) is 18.1 Å². The molecule has 1 aromatic heterocycles. The van der Waals surface area contributed by atoms with Gasteiger partial charge in [-0.1, -0.05) is 25.0 Å². The Hall–Kier alpha value is -4.10. The number of urea groups is 1. The van der Waals surface area contributed by atoms with Gasteiger partial charge in [-0.3, -0.25) is 9.84 Å². The smallest absolute Gasteiger partial charge is 0.308 e. The van der Waals surface area contributed by atoms with Gasteiger partial charge in [0, 0.05) is 29.3 Å². The molecule has 1 heterocycles. The van der Waals surface area contributed by atoms with Gasteiger partial charge in [0.1, 0.15) is 0 Å². The van der Waals surface area contributed by atoms with E-state index in [1.807, 2.05) is 24.3 Å². The standard InChI is InChI=1S/C20H15N5O2/c1-2-15-7-11-18(12-8-15)25-14-19(27-24-25)23-20(26)22-17-9-5-16(6-10-17)4-3-13-21/h5-12,14H,2H2,1H3,(H-,22,23,24,26)/p+1. The molecule has 0 aliphatic carbocycles. The molecule has 7 nitrogen and oxygen atoms in total. The predicted molar refractivity (Wildman–Crippen MR) is 99.0 cm³/mol. The van der Waals surface area contributed by atoms with E-state index in [0.29, 0.717) is 11.3 Å². The molecule has 7 heteroatoms. The molecule has 0 radical (unpaired) electrons. The highest BCUT2D eigenvalue weighted by Gasteiger charge is 2.16. The van der Waals surface area contributed by atoms with E-state index >= 15 is 0 Å². The lowest BCUT2D eigenvalue weighted by Crippen LogP contribution is -2.31. The first-order valence-corrected chi connectivity index (χ1v) is 8.24. The third-order valence-electron chi connectivity index (χ3n) is 3.72. The third-order valence-corrected chi connectivity index (χ3v) is 3.72. The molecule has 0 unspecified atom stereocenters. The van der Waals surface area contributed by atoms with Crippen LogP contribution in [0.5, 0.6) is 0 Å². The molecule has 0 saturated heterocycles. The normalized spacial score (nSPS) is 9.63.